The van der Waals surface area contributed by atoms with E-state index in [1.807, 2.05) is 25.1 Å². The fraction of sp³-hybridized carbons (Fsp3) is 0.308. The smallest absolute Gasteiger partial charge is 0.330 e. The highest BCUT2D eigenvalue weighted by Crippen LogP contribution is 2.12. The van der Waals surface area contributed by atoms with Gasteiger partial charge in [0, 0.05) is 6.08 Å². The number of hydrogen-bond acceptors (Lipinski definition) is 3. The van der Waals surface area contributed by atoms with Crippen molar-refractivity contribution in [3.63, 3.8) is 0 Å². The maximum Gasteiger partial charge on any atom is 0.330 e. The first-order chi connectivity index (χ1) is 7.67. The van der Waals surface area contributed by atoms with Crippen molar-refractivity contribution in [2.24, 2.45) is 0 Å². The lowest BCUT2D eigenvalue weighted by atomic mass is 10.1. The standard InChI is InChI=1S/C13H16O3/c1-3-16-13(15)7-6-11-5-4-10(2)12(8-11)9-14/h4-8,14H,3,9H2,1-2H3/b7-6+. The highest BCUT2D eigenvalue weighted by molar-refractivity contribution is 5.87. The minimum Gasteiger partial charge on any atom is -0.463 e. The first-order valence-corrected chi connectivity index (χ1v) is 5.22. The second kappa shape index (κ2) is 6.08. The Balaban J connectivity index is 2.78. The van der Waals surface area contributed by atoms with Crippen molar-refractivity contribution >= 4 is 12.0 Å². The Bertz CT molecular complexity index is 394. The van der Waals surface area contributed by atoms with E-state index in [1.165, 1.54) is 6.08 Å². The lowest BCUT2D eigenvalue weighted by Gasteiger charge is -2.03. The molecule has 3 heteroatoms. The zero-order valence-corrected chi connectivity index (χ0v) is 9.56. The number of benzene rings is 1. The summed E-state index contributed by atoms with van der Waals surface area (Å²) in [7, 11) is 0. The number of rotatable bonds is 4. The maximum absolute atomic E-state index is 11.1. The molecule has 0 aliphatic rings. The Kier molecular flexibility index (Phi) is 4.73. The van der Waals surface area contributed by atoms with Crippen LogP contribution >= 0.6 is 0 Å². The maximum atomic E-state index is 11.1. The zero-order chi connectivity index (χ0) is 12.0. The monoisotopic (exact) mass is 220 g/mol. The first-order valence-electron chi connectivity index (χ1n) is 5.22. The molecule has 0 spiro atoms. The third-order valence-corrected chi connectivity index (χ3v) is 2.24. The molecule has 0 aliphatic carbocycles. The lowest BCUT2D eigenvalue weighted by molar-refractivity contribution is -0.137. The summed E-state index contributed by atoms with van der Waals surface area (Å²) < 4.78 is 4.77. The normalized spacial score (nSPS) is 10.7. The van der Waals surface area contributed by atoms with E-state index in [9.17, 15) is 4.79 Å². The van der Waals surface area contributed by atoms with Crippen LogP contribution in [-0.4, -0.2) is 17.7 Å². The van der Waals surface area contributed by atoms with Gasteiger partial charge in [-0.2, -0.15) is 0 Å². The van der Waals surface area contributed by atoms with E-state index in [0.29, 0.717) is 6.61 Å². The highest BCUT2D eigenvalue weighted by atomic mass is 16.5. The van der Waals surface area contributed by atoms with Crippen molar-refractivity contribution in [3.8, 4) is 0 Å². The number of aryl methyl sites for hydroxylation is 1. The van der Waals surface area contributed by atoms with E-state index >= 15 is 0 Å². The second-order valence-corrected chi connectivity index (χ2v) is 3.43. The van der Waals surface area contributed by atoms with Crippen LogP contribution in [0.15, 0.2) is 24.3 Å². The van der Waals surface area contributed by atoms with Crippen LogP contribution in [-0.2, 0) is 16.1 Å². The van der Waals surface area contributed by atoms with Crippen molar-refractivity contribution in [2.45, 2.75) is 20.5 Å². The first kappa shape index (κ1) is 12.5. The molecule has 0 heterocycles. The average molecular weight is 220 g/mol. The van der Waals surface area contributed by atoms with E-state index in [-0.39, 0.29) is 12.6 Å². The van der Waals surface area contributed by atoms with Crippen molar-refractivity contribution in [2.75, 3.05) is 6.61 Å². The molecule has 0 atom stereocenters. The van der Waals surface area contributed by atoms with Crippen LogP contribution in [0, 0.1) is 6.92 Å². The van der Waals surface area contributed by atoms with Gasteiger partial charge >= 0.3 is 5.97 Å². The van der Waals surface area contributed by atoms with Crippen LogP contribution in [0.5, 0.6) is 0 Å². The summed E-state index contributed by atoms with van der Waals surface area (Å²) in [5, 5.41) is 9.09. The number of carbonyl (C=O) groups is 1. The van der Waals surface area contributed by atoms with Gasteiger partial charge < -0.3 is 9.84 Å². The van der Waals surface area contributed by atoms with E-state index in [1.54, 1.807) is 13.0 Å². The van der Waals surface area contributed by atoms with Gasteiger partial charge in [-0.05, 0) is 42.7 Å². The summed E-state index contributed by atoms with van der Waals surface area (Å²) in [6.07, 6.45) is 3.06. The molecule has 1 N–H and O–H groups in total. The minimum atomic E-state index is -0.353. The Morgan fingerprint density at radius 2 is 2.25 bits per heavy atom. The van der Waals surface area contributed by atoms with Crippen molar-refractivity contribution in [1.82, 2.24) is 0 Å². The Labute approximate surface area is 95.4 Å². The van der Waals surface area contributed by atoms with Gasteiger partial charge in [0.2, 0.25) is 0 Å². The molecule has 3 nitrogen and oxygen atoms in total. The zero-order valence-electron chi connectivity index (χ0n) is 9.56. The molecule has 0 aliphatic heterocycles. The second-order valence-electron chi connectivity index (χ2n) is 3.43. The SMILES string of the molecule is CCOC(=O)/C=C/c1ccc(C)c(CO)c1. The largest absolute Gasteiger partial charge is 0.463 e. The van der Waals surface area contributed by atoms with Gasteiger partial charge in [0.1, 0.15) is 0 Å². The van der Waals surface area contributed by atoms with Crippen LogP contribution in [0.25, 0.3) is 6.08 Å². The predicted molar refractivity (Wildman–Crippen MR) is 62.8 cm³/mol. The minimum absolute atomic E-state index is 0.00686. The van der Waals surface area contributed by atoms with Gasteiger partial charge in [0.05, 0.1) is 13.2 Å². The van der Waals surface area contributed by atoms with Gasteiger partial charge in [-0.3, -0.25) is 0 Å². The number of aliphatic hydroxyl groups is 1. The molecule has 1 aromatic carbocycles. The molecule has 16 heavy (non-hydrogen) atoms. The van der Waals surface area contributed by atoms with E-state index < -0.39 is 0 Å². The molecule has 0 unspecified atom stereocenters. The molecule has 0 saturated carbocycles. The van der Waals surface area contributed by atoms with Crippen LogP contribution in [0.2, 0.25) is 0 Å². The van der Waals surface area contributed by atoms with Gasteiger partial charge in [-0.25, -0.2) is 4.79 Å². The Morgan fingerprint density at radius 1 is 1.50 bits per heavy atom. The van der Waals surface area contributed by atoms with Gasteiger partial charge in [-0.1, -0.05) is 12.1 Å². The summed E-state index contributed by atoms with van der Waals surface area (Å²) >= 11 is 0. The summed E-state index contributed by atoms with van der Waals surface area (Å²) in [4.78, 5) is 11.1. The van der Waals surface area contributed by atoms with E-state index in [2.05, 4.69) is 0 Å². The highest BCUT2D eigenvalue weighted by Gasteiger charge is 1.98. The van der Waals surface area contributed by atoms with Crippen molar-refractivity contribution in [1.29, 1.82) is 0 Å². The van der Waals surface area contributed by atoms with Gasteiger partial charge in [0.15, 0.2) is 0 Å². The quantitative estimate of drug-likeness (QED) is 0.624. The topological polar surface area (TPSA) is 46.5 Å². The fourth-order valence-corrected chi connectivity index (χ4v) is 1.32. The predicted octanol–water partition coefficient (Wildman–Crippen LogP) is 2.06. The molecule has 0 bridgehead atoms. The van der Waals surface area contributed by atoms with Gasteiger partial charge in [0.25, 0.3) is 0 Å². The van der Waals surface area contributed by atoms with E-state index in [0.717, 1.165) is 16.7 Å². The number of hydrogen-bond donors (Lipinski definition) is 1. The summed E-state index contributed by atoms with van der Waals surface area (Å²) in [5.41, 5.74) is 2.78. The van der Waals surface area contributed by atoms with Crippen LogP contribution in [0.4, 0.5) is 0 Å². The summed E-state index contributed by atoms with van der Waals surface area (Å²) in [5.74, 6) is -0.353. The Morgan fingerprint density at radius 3 is 2.88 bits per heavy atom. The van der Waals surface area contributed by atoms with Crippen molar-refractivity contribution < 1.29 is 14.6 Å². The molecule has 0 saturated heterocycles. The summed E-state index contributed by atoms with van der Waals surface area (Å²) in [6.45, 7) is 4.08. The average Bonchev–Trinajstić information content (AvgIpc) is 2.28. The molecule has 0 amide bonds. The molecular formula is C13H16O3. The van der Waals surface area contributed by atoms with Crippen LogP contribution in [0.1, 0.15) is 23.6 Å². The number of esters is 1. The third kappa shape index (κ3) is 3.51. The number of aliphatic hydroxyl groups excluding tert-OH is 1. The number of carbonyl (C=O) groups excluding carboxylic acids is 1. The lowest BCUT2D eigenvalue weighted by Crippen LogP contribution is -1.98. The third-order valence-electron chi connectivity index (χ3n) is 2.24. The molecule has 1 rings (SSSR count). The molecular weight excluding hydrogens is 204 g/mol. The summed E-state index contributed by atoms with van der Waals surface area (Å²) in [6, 6.07) is 5.66. The molecule has 0 fully saturated rings. The van der Waals surface area contributed by atoms with Crippen molar-refractivity contribution in [3.05, 3.63) is 41.0 Å². The molecule has 0 aromatic heterocycles. The molecule has 1 aromatic rings. The molecule has 0 radical (unpaired) electrons. The van der Waals surface area contributed by atoms with Crippen LogP contribution < -0.4 is 0 Å². The van der Waals surface area contributed by atoms with Crippen LogP contribution in [0.3, 0.4) is 0 Å². The Hall–Kier alpha value is -1.61. The van der Waals surface area contributed by atoms with E-state index in [4.69, 9.17) is 9.84 Å². The molecule has 86 valence electrons. The fourth-order valence-electron chi connectivity index (χ4n) is 1.32. The number of ether oxygens (including phenoxy) is 1. The van der Waals surface area contributed by atoms with Gasteiger partial charge in [-0.15, -0.1) is 0 Å².